The monoisotopic (exact) mass is 443 g/mol. The molecule has 1 aliphatic rings. The van der Waals surface area contributed by atoms with Crippen LogP contribution in [0.2, 0.25) is 0 Å². The van der Waals surface area contributed by atoms with E-state index in [1.807, 2.05) is 53.6 Å². The van der Waals surface area contributed by atoms with Crippen LogP contribution in [-0.2, 0) is 18.6 Å². The summed E-state index contributed by atoms with van der Waals surface area (Å²) in [6.45, 7) is 11.1. The van der Waals surface area contributed by atoms with E-state index in [2.05, 4.69) is 48.9 Å². The lowest BCUT2D eigenvalue weighted by molar-refractivity contribution is 0.0628. The highest BCUT2D eigenvalue weighted by Gasteiger charge is 2.22. The first-order chi connectivity index (χ1) is 15.9. The molecule has 0 bridgehead atoms. The number of carbonyl (C=O) groups is 1. The van der Waals surface area contributed by atoms with Gasteiger partial charge in [0.2, 0.25) is 0 Å². The van der Waals surface area contributed by atoms with Gasteiger partial charge in [-0.2, -0.15) is 0 Å². The van der Waals surface area contributed by atoms with Crippen LogP contribution in [0.15, 0.2) is 73.1 Å². The fourth-order valence-corrected chi connectivity index (χ4v) is 4.05. The largest absolute Gasteiger partial charge is 0.489 e. The number of hydrogen-bond acceptors (Lipinski definition) is 4. The minimum Gasteiger partial charge on any atom is -0.489 e. The van der Waals surface area contributed by atoms with Crippen molar-refractivity contribution in [2.24, 2.45) is 0 Å². The Bertz CT molecular complexity index is 1050. The molecule has 0 unspecified atom stereocenters. The molecule has 0 atom stereocenters. The van der Waals surface area contributed by atoms with Crippen LogP contribution in [-0.4, -0.2) is 46.9 Å². The molecule has 1 saturated heterocycles. The Hall–Kier alpha value is -3.18. The number of benzene rings is 2. The van der Waals surface area contributed by atoms with Crippen LogP contribution in [0.1, 0.15) is 47.8 Å². The number of amides is 1. The minimum absolute atomic E-state index is 0.0902. The van der Waals surface area contributed by atoms with Crippen molar-refractivity contribution in [2.75, 3.05) is 26.2 Å². The molecule has 0 N–H and O–H groups in total. The molecule has 0 spiro atoms. The predicted octanol–water partition coefficient (Wildman–Crippen LogP) is 4.92. The second kappa shape index (κ2) is 10.2. The zero-order valence-electron chi connectivity index (χ0n) is 19.8. The van der Waals surface area contributed by atoms with E-state index in [1.165, 1.54) is 11.1 Å². The molecule has 1 fully saturated rings. The number of ether oxygens (including phenoxy) is 1. The van der Waals surface area contributed by atoms with Crippen molar-refractivity contribution >= 4 is 5.91 Å². The molecule has 1 aromatic heterocycles. The number of pyridine rings is 1. The normalized spacial score (nSPS) is 14.8. The van der Waals surface area contributed by atoms with Crippen LogP contribution >= 0.6 is 0 Å². The summed E-state index contributed by atoms with van der Waals surface area (Å²) in [6, 6.07) is 20.1. The average molecular weight is 444 g/mol. The van der Waals surface area contributed by atoms with E-state index in [1.54, 1.807) is 6.20 Å². The number of rotatable bonds is 6. The fourth-order valence-electron chi connectivity index (χ4n) is 4.05. The summed E-state index contributed by atoms with van der Waals surface area (Å²) in [4.78, 5) is 21.6. The average Bonchev–Trinajstić information content (AvgIpc) is 2.83. The molecular formula is C28H33N3O2. The van der Waals surface area contributed by atoms with Crippen LogP contribution in [0.4, 0.5) is 0 Å². The Balaban J connectivity index is 1.30. The molecule has 0 saturated carbocycles. The van der Waals surface area contributed by atoms with Gasteiger partial charge >= 0.3 is 0 Å². The fraction of sp³-hybridized carbons (Fsp3) is 0.357. The van der Waals surface area contributed by atoms with E-state index in [0.717, 1.165) is 49.6 Å². The van der Waals surface area contributed by atoms with E-state index in [9.17, 15) is 4.79 Å². The van der Waals surface area contributed by atoms with Gasteiger partial charge in [0, 0.05) is 50.7 Å². The van der Waals surface area contributed by atoms with Crippen LogP contribution < -0.4 is 4.74 Å². The van der Waals surface area contributed by atoms with Gasteiger partial charge in [0.05, 0.1) is 0 Å². The zero-order valence-corrected chi connectivity index (χ0v) is 19.8. The van der Waals surface area contributed by atoms with Gasteiger partial charge < -0.3 is 9.64 Å². The van der Waals surface area contributed by atoms with Crippen LogP contribution in [0, 0.1) is 0 Å². The molecule has 2 aromatic carbocycles. The van der Waals surface area contributed by atoms with Crippen molar-refractivity contribution in [3.05, 3.63) is 95.3 Å². The highest BCUT2D eigenvalue weighted by Crippen LogP contribution is 2.24. The van der Waals surface area contributed by atoms with Crippen molar-refractivity contribution in [1.82, 2.24) is 14.8 Å². The van der Waals surface area contributed by atoms with Crippen molar-refractivity contribution in [1.29, 1.82) is 0 Å². The van der Waals surface area contributed by atoms with Crippen LogP contribution in [0.3, 0.4) is 0 Å². The molecule has 1 amide bonds. The van der Waals surface area contributed by atoms with Gasteiger partial charge in [-0.05, 0) is 52.4 Å². The van der Waals surface area contributed by atoms with Crippen LogP contribution in [0.25, 0.3) is 0 Å². The Labute approximate surface area is 197 Å². The number of hydrogen-bond donors (Lipinski definition) is 0. The lowest BCUT2D eigenvalue weighted by atomic mass is 9.87. The Morgan fingerprint density at radius 2 is 1.67 bits per heavy atom. The van der Waals surface area contributed by atoms with Gasteiger partial charge in [-0.25, -0.2) is 0 Å². The second-order valence-corrected chi connectivity index (χ2v) is 9.69. The van der Waals surface area contributed by atoms with Gasteiger partial charge in [0.25, 0.3) is 5.91 Å². The van der Waals surface area contributed by atoms with E-state index >= 15 is 0 Å². The maximum atomic E-state index is 13.1. The number of carbonyl (C=O) groups excluding carboxylic acids is 1. The number of aromatic nitrogens is 1. The summed E-state index contributed by atoms with van der Waals surface area (Å²) in [7, 11) is 0. The lowest BCUT2D eigenvalue weighted by Gasteiger charge is -2.34. The van der Waals surface area contributed by atoms with Gasteiger partial charge in [0.1, 0.15) is 12.4 Å². The number of piperazine rings is 1. The summed E-state index contributed by atoms with van der Waals surface area (Å²) < 4.78 is 5.97. The smallest absolute Gasteiger partial charge is 0.253 e. The molecule has 2 heterocycles. The quantitative estimate of drug-likeness (QED) is 0.543. The summed E-state index contributed by atoms with van der Waals surface area (Å²) in [5.74, 6) is 0.928. The minimum atomic E-state index is 0.0902. The standard InChI is InChI=1S/C28H33N3O2/c1-28(2,3)25-9-11-26(12-10-25)33-21-22-6-4-8-24(18-22)27(32)31-16-14-30(15-17-31)20-23-7-5-13-29-19-23/h4-13,18-19H,14-17,20-21H2,1-3H3. The van der Waals surface area contributed by atoms with Gasteiger partial charge in [-0.3, -0.25) is 14.7 Å². The number of nitrogens with zero attached hydrogens (tertiary/aromatic N) is 3. The highest BCUT2D eigenvalue weighted by molar-refractivity contribution is 5.94. The molecule has 33 heavy (non-hydrogen) atoms. The summed E-state index contributed by atoms with van der Waals surface area (Å²) >= 11 is 0. The van der Waals surface area contributed by atoms with Gasteiger partial charge in [-0.15, -0.1) is 0 Å². The van der Waals surface area contributed by atoms with E-state index < -0.39 is 0 Å². The van der Waals surface area contributed by atoms with Gasteiger partial charge in [0.15, 0.2) is 0 Å². The topological polar surface area (TPSA) is 45.7 Å². The lowest BCUT2D eigenvalue weighted by Crippen LogP contribution is -2.48. The highest BCUT2D eigenvalue weighted by atomic mass is 16.5. The summed E-state index contributed by atoms with van der Waals surface area (Å²) in [5, 5.41) is 0. The first-order valence-electron chi connectivity index (χ1n) is 11.6. The Morgan fingerprint density at radius 1 is 0.939 bits per heavy atom. The first kappa shape index (κ1) is 23.0. The molecule has 1 aliphatic heterocycles. The molecule has 5 heteroatoms. The van der Waals surface area contributed by atoms with Crippen molar-refractivity contribution in [3.8, 4) is 5.75 Å². The third-order valence-electron chi connectivity index (χ3n) is 6.09. The SMILES string of the molecule is CC(C)(C)c1ccc(OCc2cccc(C(=O)N3CCN(Cc4cccnc4)CC3)c2)cc1. The van der Waals surface area contributed by atoms with Crippen molar-refractivity contribution < 1.29 is 9.53 Å². The molecular weight excluding hydrogens is 410 g/mol. The Morgan fingerprint density at radius 3 is 2.33 bits per heavy atom. The second-order valence-electron chi connectivity index (χ2n) is 9.69. The maximum Gasteiger partial charge on any atom is 0.253 e. The van der Waals surface area contributed by atoms with E-state index in [4.69, 9.17) is 4.74 Å². The molecule has 0 aliphatic carbocycles. The molecule has 172 valence electrons. The molecule has 0 radical (unpaired) electrons. The van der Waals surface area contributed by atoms with Crippen molar-refractivity contribution in [3.63, 3.8) is 0 Å². The van der Waals surface area contributed by atoms with E-state index in [-0.39, 0.29) is 11.3 Å². The zero-order chi connectivity index (χ0) is 23.3. The predicted molar refractivity (Wildman–Crippen MR) is 131 cm³/mol. The summed E-state index contributed by atoms with van der Waals surface area (Å²) in [6.07, 6.45) is 3.70. The first-order valence-corrected chi connectivity index (χ1v) is 11.6. The van der Waals surface area contributed by atoms with E-state index in [0.29, 0.717) is 6.61 Å². The molecule has 4 rings (SSSR count). The Kier molecular flexibility index (Phi) is 7.09. The van der Waals surface area contributed by atoms with Crippen molar-refractivity contribution in [2.45, 2.75) is 39.3 Å². The maximum absolute atomic E-state index is 13.1. The third-order valence-corrected chi connectivity index (χ3v) is 6.09. The van der Waals surface area contributed by atoms with Crippen LogP contribution in [0.5, 0.6) is 5.75 Å². The van der Waals surface area contributed by atoms with Gasteiger partial charge in [-0.1, -0.05) is 51.1 Å². The third kappa shape index (κ3) is 6.20. The molecule has 3 aromatic rings. The summed E-state index contributed by atoms with van der Waals surface area (Å²) in [5.41, 5.74) is 4.33. The molecule has 5 nitrogen and oxygen atoms in total.